The minimum atomic E-state index is 0. The predicted octanol–water partition coefficient (Wildman–Crippen LogP) is 10.6. The van der Waals surface area contributed by atoms with Crippen LogP contribution in [-0.2, 0) is 6.42 Å². The summed E-state index contributed by atoms with van der Waals surface area (Å²) in [6, 6.07) is 2.37. The fraction of sp³-hybridized carbons (Fsp3) is 0.724. The lowest BCUT2D eigenvalue weighted by Crippen LogP contribution is -1.98. The molecule has 0 heterocycles. The average Bonchev–Trinajstić information content (AvgIpc) is 2.73. The Bertz CT molecular complexity index is 564. The summed E-state index contributed by atoms with van der Waals surface area (Å²) in [7, 11) is 0. The molecule has 0 saturated heterocycles. The van der Waals surface area contributed by atoms with Gasteiger partial charge in [-0.1, -0.05) is 122 Å². The summed E-state index contributed by atoms with van der Waals surface area (Å²) in [5.74, 6) is 0. The summed E-state index contributed by atoms with van der Waals surface area (Å²) >= 11 is 0. The first-order valence-electron chi connectivity index (χ1n) is 12.8. The van der Waals surface area contributed by atoms with Crippen LogP contribution in [0.1, 0.15) is 137 Å². The van der Waals surface area contributed by atoms with E-state index in [-0.39, 0.29) is 18.6 Å². The standard InChI is InChI=1S/C29H50.ClH.H3N/c1-6-8-9-10-11-12-13-14-15-16-17-18-19-20-21-22-23-29-24-28(7-2)26(4)25(3)27(29)5;;/h7,24H,2,6,8-23H2,1,3-5H3;1H;1H3. The van der Waals surface area contributed by atoms with Crippen molar-refractivity contribution >= 4 is 18.5 Å². The molecule has 1 rings (SSSR count). The summed E-state index contributed by atoms with van der Waals surface area (Å²) in [4.78, 5) is 0. The van der Waals surface area contributed by atoms with Crippen LogP contribution in [0.2, 0.25) is 0 Å². The van der Waals surface area contributed by atoms with E-state index < -0.39 is 0 Å². The molecule has 0 aliphatic carbocycles. The molecule has 1 aromatic rings. The van der Waals surface area contributed by atoms with Gasteiger partial charge in [0.15, 0.2) is 0 Å². The van der Waals surface area contributed by atoms with E-state index in [1.54, 1.807) is 0 Å². The molecule has 1 nitrogen and oxygen atoms in total. The number of hydrogen-bond acceptors (Lipinski definition) is 1. The summed E-state index contributed by atoms with van der Waals surface area (Å²) in [5, 5.41) is 0. The van der Waals surface area contributed by atoms with Gasteiger partial charge in [-0.15, -0.1) is 12.4 Å². The van der Waals surface area contributed by atoms with Crippen LogP contribution in [0.3, 0.4) is 0 Å². The maximum atomic E-state index is 3.98. The first kappa shape index (κ1) is 32.4. The highest BCUT2D eigenvalue weighted by atomic mass is 35.5. The van der Waals surface area contributed by atoms with Crippen LogP contribution in [0.15, 0.2) is 12.6 Å². The smallest absolute Gasteiger partial charge is 0.0228 e. The molecule has 31 heavy (non-hydrogen) atoms. The lowest BCUT2D eigenvalue weighted by molar-refractivity contribution is 0.529. The molecule has 0 aliphatic heterocycles. The first-order chi connectivity index (χ1) is 14.1. The van der Waals surface area contributed by atoms with Gasteiger partial charge in [-0.2, -0.15) is 0 Å². The SMILES string of the molecule is C=Cc1cc(CCCCCCCCCCCCCCCCCC)c(C)c(C)c1C.Cl.N. The van der Waals surface area contributed by atoms with Gasteiger partial charge in [0.25, 0.3) is 0 Å². The summed E-state index contributed by atoms with van der Waals surface area (Å²) in [5.41, 5.74) is 7.20. The molecular weight excluding hydrogens is 398 g/mol. The minimum absolute atomic E-state index is 0. The van der Waals surface area contributed by atoms with Crippen molar-refractivity contribution in [1.82, 2.24) is 6.15 Å². The van der Waals surface area contributed by atoms with Gasteiger partial charge in [0.05, 0.1) is 0 Å². The molecule has 1 aromatic carbocycles. The van der Waals surface area contributed by atoms with Crippen molar-refractivity contribution in [1.29, 1.82) is 0 Å². The van der Waals surface area contributed by atoms with Crippen molar-refractivity contribution in [3.8, 4) is 0 Å². The molecule has 0 spiro atoms. The first-order valence-corrected chi connectivity index (χ1v) is 12.8. The molecular formula is C29H54ClN. The Kier molecular flexibility index (Phi) is 22.0. The van der Waals surface area contributed by atoms with Gasteiger partial charge in [0.2, 0.25) is 0 Å². The largest absolute Gasteiger partial charge is 0.344 e. The van der Waals surface area contributed by atoms with Crippen LogP contribution in [-0.4, -0.2) is 0 Å². The number of rotatable bonds is 18. The fourth-order valence-corrected chi connectivity index (χ4v) is 4.48. The van der Waals surface area contributed by atoms with E-state index >= 15 is 0 Å². The van der Waals surface area contributed by atoms with Crippen molar-refractivity contribution in [2.75, 3.05) is 0 Å². The quantitative estimate of drug-likeness (QED) is 0.221. The Morgan fingerprint density at radius 1 is 0.613 bits per heavy atom. The van der Waals surface area contributed by atoms with Crippen LogP contribution >= 0.6 is 12.4 Å². The van der Waals surface area contributed by atoms with Crippen molar-refractivity contribution in [3.05, 3.63) is 40.5 Å². The van der Waals surface area contributed by atoms with Gasteiger partial charge < -0.3 is 6.15 Å². The molecule has 0 aliphatic rings. The number of unbranched alkanes of at least 4 members (excludes halogenated alkanes) is 15. The molecule has 182 valence electrons. The number of hydrogen-bond donors (Lipinski definition) is 1. The molecule has 0 unspecified atom stereocenters. The van der Waals surface area contributed by atoms with Crippen molar-refractivity contribution in [2.45, 2.75) is 137 Å². The van der Waals surface area contributed by atoms with E-state index in [1.807, 2.05) is 6.08 Å². The third-order valence-corrected chi connectivity index (χ3v) is 6.89. The minimum Gasteiger partial charge on any atom is -0.344 e. The molecule has 0 fully saturated rings. The third-order valence-electron chi connectivity index (χ3n) is 6.89. The highest BCUT2D eigenvalue weighted by Crippen LogP contribution is 2.24. The van der Waals surface area contributed by atoms with E-state index in [0.717, 1.165) is 0 Å². The van der Waals surface area contributed by atoms with E-state index in [4.69, 9.17) is 0 Å². The summed E-state index contributed by atoms with van der Waals surface area (Å²) < 4.78 is 0. The molecule has 0 bridgehead atoms. The monoisotopic (exact) mass is 451 g/mol. The van der Waals surface area contributed by atoms with Crippen LogP contribution in [0.4, 0.5) is 0 Å². The lowest BCUT2D eigenvalue weighted by Gasteiger charge is -2.14. The highest BCUT2D eigenvalue weighted by molar-refractivity contribution is 5.85. The zero-order chi connectivity index (χ0) is 21.3. The second-order valence-electron chi connectivity index (χ2n) is 9.26. The molecule has 0 radical (unpaired) electrons. The number of aryl methyl sites for hydroxylation is 1. The molecule has 0 aromatic heterocycles. The van der Waals surface area contributed by atoms with E-state index in [9.17, 15) is 0 Å². The van der Waals surface area contributed by atoms with Gasteiger partial charge in [-0.05, 0) is 61.4 Å². The van der Waals surface area contributed by atoms with Gasteiger partial charge in [0, 0.05) is 0 Å². The zero-order valence-corrected chi connectivity index (χ0v) is 22.3. The predicted molar refractivity (Wildman–Crippen MR) is 146 cm³/mol. The zero-order valence-electron chi connectivity index (χ0n) is 21.5. The Morgan fingerprint density at radius 2 is 1.00 bits per heavy atom. The van der Waals surface area contributed by atoms with Crippen molar-refractivity contribution < 1.29 is 0 Å². The van der Waals surface area contributed by atoms with E-state index in [1.165, 1.54) is 137 Å². The summed E-state index contributed by atoms with van der Waals surface area (Å²) in [6.45, 7) is 13.0. The second kappa shape index (κ2) is 21.1. The molecule has 0 amide bonds. The highest BCUT2D eigenvalue weighted by Gasteiger charge is 2.07. The molecule has 0 saturated carbocycles. The lowest BCUT2D eigenvalue weighted by atomic mass is 9.91. The Labute approximate surface area is 201 Å². The third kappa shape index (κ3) is 14.1. The summed E-state index contributed by atoms with van der Waals surface area (Å²) in [6.07, 6.45) is 26.2. The van der Waals surface area contributed by atoms with E-state index in [0.29, 0.717) is 0 Å². The fourth-order valence-electron chi connectivity index (χ4n) is 4.48. The van der Waals surface area contributed by atoms with Gasteiger partial charge >= 0.3 is 0 Å². The topological polar surface area (TPSA) is 35.0 Å². The number of halogens is 1. The molecule has 0 atom stereocenters. The molecule has 2 heteroatoms. The van der Waals surface area contributed by atoms with Crippen LogP contribution in [0.5, 0.6) is 0 Å². The molecule has 3 N–H and O–H groups in total. The van der Waals surface area contributed by atoms with Crippen LogP contribution < -0.4 is 6.15 Å². The second-order valence-corrected chi connectivity index (χ2v) is 9.26. The van der Waals surface area contributed by atoms with Crippen LogP contribution in [0, 0.1) is 20.8 Å². The number of benzene rings is 1. The Balaban J connectivity index is 0. The van der Waals surface area contributed by atoms with Crippen LogP contribution in [0.25, 0.3) is 6.08 Å². The Morgan fingerprint density at radius 3 is 1.39 bits per heavy atom. The van der Waals surface area contributed by atoms with Crippen molar-refractivity contribution in [3.63, 3.8) is 0 Å². The maximum absolute atomic E-state index is 3.98. The van der Waals surface area contributed by atoms with E-state index in [2.05, 4.69) is 40.3 Å². The average molecular weight is 452 g/mol. The van der Waals surface area contributed by atoms with Gasteiger partial charge in [-0.25, -0.2) is 0 Å². The van der Waals surface area contributed by atoms with Crippen molar-refractivity contribution in [2.24, 2.45) is 0 Å². The van der Waals surface area contributed by atoms with Gasteiger partial charge in [0.1, 0.15) is 0 Å². The van der Waals surface area contributed by atoms with Gasteiger partial charge in [-0.3, -0.25) is 0 Å². The Hall–Kier alpha value is -0.790. The maximum Gasteiger partial charge on any atom is -0.0228 e. The normalized spacial score (nSPS) is 10.5.